The van der Waals surface area contributed by atoms with Crippen LogP contribution < -0.4 is 0 Å². The Hall–Kier alpha value is -1.94. The van der Waals surface area contributed by atoms with E-state index in [1.165, 1.54) is 270 Å². The fraction of sp³-hybridized carbons (Fsp3) is 0.956. The van der Waals surface area contributed by atoms with Gasteiger partial charge in [-0.2, -0.15) is 0 Å². The second kappa shape index (κ2) is 78.6. The van der Waals surface area contributed by atoms with Crippen LogP contribution in [0, 0.1) is 23.7 Å². The van der Waals surface area contributed by atoms with E-state index < -0.39 is 97.5 Å². The fourth-order valence-corrected chi connectivity index (χ4v) is 15.5. The molecule has 0 aromatic heterocycles. The van der Waals surface area contributed by atoms with Crippen molar-refractivity contribution in [1.82, 2.24) is 0 Å². The number of ether oxygens (including phenoxy) is 4. The molecule has 3 N–H and O–H groups in total. The number of hydrogen-bond donors (Lipinski definition) is 3. The van der Waals surface area contributed by atoms with Crippen LogP contribution in [-0.4, -0.2) is 96.7 Å². The number of phosphoric ester groups is 2. The number of carbonyl (C=O) groups excluding carboxylic acids is 4. The molecule has 0 aliphatic heterocycles. The molecular weight excluding hydrogens is 1410 g/mol. The van der Waals surface area contributed by atoms with Gasteiger partial charge in [0.25, 0.3) is 0 Å². The van der Waals surface area contributed by atoms with Crippen molar-refractivity contribution in [3.8, 4) is 0 Å². The second-order valence-electron chi connectivity index (χ2n) is 33.8. The maximum atomic E-state index is 13.2. The number of unbranched alkanes of at least 4 members (excludes halogenated alkanes) is 51. The summed E-state index contributed by atoms with van der Waals surface area (Å²) in [4.78, 5) is 73.3. The van der Waals surface area contributed by atoms with Crippen molar-refractivity contribution in [1.29, 1.82) is 0 Å². The van der Waals surface area contributed by atoms with Crippen LogP contribution in [0.2, 0.25) is 0 Å². The first-order valence-electron chi connectivity index (χ1n) is 46.3. The maximum Gasteiger partial charge on any atom is 0.472 e. The topological polar surface area (TPSA) is 237 Å². The molecule has 0 amide bonds. The lowest BCUT2D eigenvalue weighted by Crippen LogP contribution is -2.30. The maximum absolute atomic E-state index is 13.2. The molecule has 109 heavy (non-hydrogen) atoms. The van der Waals surface area contributed by atoms with Gasteiger partial charge in [0, 0.05) is 25.7 Å². The molecule has 0 spiro atoms. The van der Waals surface area contributed by atoms with E-state index in [2.05, 4.69) is 55.4 Å². The highest BCUT2D eigenvalue weighted by atomic mass is 31.2. The van der Waals surface area contributed by atoms with Gasteiger partial charge in [0.1, 0.15) is 19.3 Å². The zero-order chi connectivity index (χ0) is 80.2. The van der Waals surface area contributed by atoms with E-state index in [1.54, 1.807) is 0 Å². The van der Waals surface area contributed by atoms with Crippen LogP contribution in [0.3, 0.4) is 0 Å². The Balaban J connectivity index is 5.21. The molecule has 0 saturated heterocycles. The molecule has 0 aromatic carbocycles. The van der Waals surface area contributed by atoms with E-state index in [0.717, 1.165) is 114 Å². The zero-order valence-electron chi connectivity index (χ0n) is 72.2. The van der Waals surface area contributed by atoms with Crippen LogP contribution in [0.5, 0.6) is 0 Å². The average Bonchev–Trinajstić information content (AvgIpc) is 1.05. The summed E-state index contributed by atoms with van der Waals surface area (Å²) in [6.45, 7) is 14.4. The molecule has 7 atom stereocenters. The molecule has 0 heterocycles. The predicted octanol–water partition coefficient (Wildman–Crippen LogP) is 27.5. The van der Waals surface area contributed by atoms with Crippen molar-refractivity contribution in [3.63, 3.8) is 0 Å². The van der Waals surface area contributed by atoms with Crippen LogP contribution >= 0.6 is 15.6 Å². The van der Waals surface area contributed by atoms with Crippen LogP contribution in [0.25, 0.3) is 0 Å². The highest BCUT2D eigenvalue weighted by Gasteiger charge is 2.31. The molecule has 5 unspecified atom stereocenters. The molecule has 0 saturated carbocycles. The Morgan fingerprint density at radius 2 is 0.440 bits per heavy atom. The van der Waals surface area contributed by atoms with Crippen molar-refractivity contribution >= 4 is 39.5 Å². The number of rotatable bonds is 87. The molecule has 17 nitrogen and oxygen atoms in total. The standard InChI is InChI=1S/C90H176O17P2/c1-9-82(7)68-60-52-44-36-30-24-18-13-11-12-14-20-27-33-39-47-56-64-72-90(95)107-86(77-101-88(93)71-63-55-49-41-43-51-59-67-81(5)6)79-105-109(98,99)103-75-84(91)74-102-108(96,97)104-78-85(106-89(94)73-65-57-48-40-34-28-22-21-25-31-37-45-53-61-69-83(8)10-2)76-100-87(92)70-62-54-46-38-32-26-19-16-15-17-23-29-35-42-50-58-66-80(3)4/h80-86,91H,9-79H2,1-8H3,(H,96,97)(H,98,99)/t82?,83?,84?,85-,86-/m1/s1. The Labute approximate surface area is 670 Å². The molecule has 0 rings (SSSR count). The molecule has 0 bridgehead atoms. The van der Waals surface area contributed by atoms with Gasteiger partial charge in [-0.1, -0.05) is 421 Å². The first kappa shape index (κ1) is 107. The molecule has 19 heteroatoms. The van der Waals surface area contributed by atoms with E-state index in [4.69, 9.17) is 37.0 Å². The minimum atomic E-state index is -4.97. The fourth-order valence-electron chi connectivity index (χ4n) is 14.0. The number of aliphatic hydroxyl groups excluding tert-OH is 1. The highest BCUT2D eigenvalue weighted by molar-refractivity contribution is 7.47. The molecule has 0 radical (unpaired) electrons. The number of phosphoric acid groups is 2. The summed E-state index contributed by atoms with van der Waals surface area (Å²) in [6.07, 6.45) is 69.5. The summed E-state index contributed by atoms with van der Waals surface area (Å²) >= 11 is 0. The van der Waals surface area contributed by atoms with E-state index in [9.17, 15) is 43.2 Å². The minimum Gasteiger partial charge on any atom is -0.462 e. The van der Waals surface area contributed by atoms with Gasteiger partial charge in [-0.15, -0.1) is 0 Å². The Kier molecular flexibility index (Phi) is 77.2. The summed E-state index contributed by atoms with van der Waals surface area (Å²) in [5, 5.41) is 10.7. The smallest absolute Gasteiger partial charge is 0.462 e. The summed E-state index contributed by atoms with van der Waals surface area (Å²) in [5.74, 6) is 1.13. The number of carbonyl (C=O) groups is 4. The summed E-state index contributed by atoms with van der Waals surface area (Å²) < 4.78 is 69.0. The van der Waals surface area contributed by atoms with Gasteiger partial charge in [-0.25, -0.2) is 9.13 Å². The van der Waals surface area contributed by atoms with Crippen molar-refractivity contribution in [3.05, 3.63) is 0 Å². The predicted molar refractivity (Wildman–Crippen MR) is 451 cm³/mol. The molecule has 0 aromatic rings. The van der Waals surface area contributed by atoms with Crippen molar-refractivity contribution in [2.75, 3.05) is 39.6 Å². The number of esters is 4. The first-order valence-corrected chi connectivity index (χ1v) is 49.3. The van der Waals surface area contributed by atoms with Gasteiger partial charge < -0.3 is 33.8 Å². The van der Waals surface area contributed by atoms with Crippen molar-refractivity contribution in [2.24, 2.45) is 23.7 Å². The molecule has 648 valence electrons. The molecular formula is C90H176O17P2. The van der Waals surface area contributed by atoms with Crippen LogP contribution in [-0.2, 0) is 65.4 Å². The van der Waals surface area contributed by atoms with E-state index in [1.807, 2.05) is 0 Å². The van der Waals surface area contributed by atoms with Gasteiger partial charge in [0.15, 0.2) is 12.2 Å². The number of aliphatic hydroxyl groups is 1. The van der Waals surface area contributed by atoms with E-state index >= 15 is 0 Å². The van der Waals surface area contributed by atoms with Gasteiger partial charge >= 0.3 is 39.5 Å². The van der Waals surface area contributed by atoms with Crippen molar-refractivity contribution in [2.45, 2.75) is 491 Å². The number of hydrogen-bond acceptors (Lipinski definition) is 15. The molecule has 0 aliphatic carbocycles. The lowest BCUT2D eigenvalue weighted by molar-refractivity contribution is -0.161. The first-order chi connectivity index (χ1) is 52.7. The Bertz CT molecular complexity index is 2110. The van der Waals surface area contributed by atoms with Crippen LogP contribution in [0.1, 0.15) is 473 Å². The highest BCUT2D eigenvalue weighted by Crippen LogP contribution is 2.45. The summed E-state index contributed by atoms with van der Waals surface area (Å²) in [5.41, 5.74) is 0. The van der Waals surface area contributed by atoms with Gasteiger partial charge in [-0.3, -0.25) is 37.3 Å². The zero-order valence-corrected chi connectivity index (χ0v) is 74.0. The van der Waals surface area contributed by atoms with E-state index in [0.29, 0.717) is 31.6 Å². The van der Waals surface area contributed by atoms with Crippen molar-refractivity contribution < 1.29 is 80.2 Å². The monoisotopic (exact) mass is 1590 g/mol. The van der Waals surface area contributed by atoms with Gasteiger partial charge in [0.2, 0.25) is 0 Å². The van der Waals surface area contributed by atoms with Gasteiger partial charge in [0.05, 0.1) is 26.4 Å². The van der Waals surface area contributed by atoms with E-state index in [-0.39, 0.29) is 25.7 Å². The summed E-state index contributed by atoms with van der Waals surface area (Å²) in [7, 11) is -9.94. The Morgan fingerprint density at radius 3 is 0.651 bits per heavy atom. The average molecular weight is 1590 g/mol. The minimum absolute atomic E-state index is 0.107. The third-order valence-corrected chi connectivity index (χ3v) is 23.7. The Morgan fingerprint density at radius 1 is 0.257 bits per heavy atom. The van der Waals surface area contributed by atoms with Crippen LogP contribution in [0.4, 0.5) is 0 Å². The molecule has 0 fully saturated rings. The lowest BCUT2D eigenvalue weighted by atomic mass is 9.99. The normalized spacial score (nSPS) is 14.4. The second-order valence-corrected chi connectivity index (χ2v) is 36.7. The third-order valence-electron chi connectivity index (χ3n) is 21.8. The quantitative estimate of drug-likeness (QED) is 0.0222. The SMILES string of the molecule is CCC(C)CCCCCCCCCCCCCCCCCCCCC(=O)O[C@H](COC(=O)CCCCCCCCCC(C)C)COP(=O)(O)OCC(O)COP(=O)(O)OC[C@@H](COC(=O)CCCCCCCCCCCCCCCCCCC(C)C)OC(=O)CCCCCCCCCCCCCCCCC(C)CC. The van der Waals surface area contributed by atoms with Crippen LogP contribution in [0.15, 0.2) is 0 Å². The summed E-state index contributed by atoms with van der Waals surface area (Å²) in [6, 6.07) is 0. The molecule has 0 aliphatic rings. The largest absolute Gasteiger partial charge is 0.472 e. The lowest BCUT2D eigenvalue weighted by Gasteiger charge is -2.21. The third kappa shape index (κ3) is 81.0. The van der Waals surface area contributed by atoms with Gasteiger partial charge in [-0.05, 0) is 49.4 Å².